The zero-order chi connectivity index (χ0) is 20.7. The lowest BCUT2D eigenvalue weighted by molar-refractivity contribution is 0.550. The van der Waals surface area contributed by atoms with Gasteiger partial charge in [-0.2, -0.15) is 0 Å². The molecule has 0 radical (unpaired) electrons. The molecular weight excluding hydrogens is 368 g/mol. The van der Waals surface area contributed by atoms with Crippen LogP contribution in [0, 0.1) is 13.8 Å². The fraction of sp³-hybridized carbons (Fsp3) is 0.0741. The second-order valence-electron chi connectivity index (χ2n) is 7.63. The highest BCUT2D eigenvalue weighted by atomic mass is 16.1. The van der Waals surface area contributed by atoms with Crippen molar-refractivity contribution in [1.29, 1.82) is 0 Å². The molecule has 0 spiro atoms. The molecule has 2 aromatic heterocycles. The Morgan fingerprint density at radius 2 is 1.20 bits per heavy atom. The topological polar surface area (TPSA) is 37.8 Å². The Bertz CT molecular complexity index is 1480. The van der Waals surface area contributed by atoms with Crippen molar-refractivity contribution in [2.45, 2.75) is 13.8 Å². The summed E-state index contributed by atoms with van der Waals surface area (Å²) in [5.41, 5.74) is 7.09. The number of H-pyrrole nitrogens is 1. The van der Waals surface area contributed by atoms with Crippen molar-refractivity contribution in [3.63, 3.8) is 0 Å². The molecule has 0 aliphatic heterocycles. The van der Waals surface area contributed by atoms with Crippen LogP contribution in [0.4, 0.5) is 0 Å². The van der Waals surface area contributed by atoms with Crippen molar-refractivity contribution in [2.75, 3.05) is 0 Å². The molecule has 0 saturated heterocycles. The summed E-state index contributed by atoms with van der Waals surface area (Å²) >= 11 is 0. The van der Waals surface area contributed by atoms with Crippen molar-refractivity contribution in [3.8, 4) is 0 Å². The molecule has 0 saturated carbocycles. The minimum Gasteiger partial charge on any atom is -0.354 e. The summed E-state index contributed by atoms with van der Waals surface area (Å²) in [5, 5.41) is 4.94. The van der Waals surface area contributed by atoms with Gasteiger partial charge < -0.3 is 4.98 Å². The number of aryl methyl sites for hydroxylation is 2. The molecule has 30 heavy (non-hydrogen) atoms. The van der Waals surface area contributed by atoms with E-state index in [4.69, 9.17) is 0 Å². The largest absolute Gasteiger partial charge is 0.354 e. The van der Waals surface area contributed by atoms with Crippen molar-refractivity contribution >= 4 is 50.0 Å². The van der Waals surface area contributed by atoms with Gasteiger partial charge in [-0.1, -0.05) is 66.7 Å². The maximum Gasteiger partial charge on any atom is 0.218 e. The average Bonchev–Trinajstić information content (AvgIpc) is 3.34. The number of aromatic amines is 1. The molecule has 4 aromatic carbocycles. The van der Waals surface area contributed by atoms with Gasteiger partial charge in [0.1, 0.15) is 0 Å². The van der Waals surface area contributed by atoms with Crippen LogP contribution in [0.2, 0.25) is 0 Å². The summed E-state index contributed by atoms with van der Waals surface area (Å²) in [6, 6.07) is 28.7. The first-order chi connectivity index (χ1) is 14.7. The summed E-state index contributed by atoms with van der Waals surface area (Å²) in [6.07, 6.45) is 0.866. The molecule has 0 unspecified atom stereocenters. The zero-order valence-electron chi connectivity index (χ0n) is 17.0. The third-order valence-corrected chi connectivity index (χ3v) is 5.80. The number of para-hydroxylation sites is 3. The van der Waals surface area contributed by atoms with E-state index in [1.165, 1.54) is 32.9 Å². The van der Waals surface area contributed by atoms with Gasteiger partial charge in [-0.05, 0) is 43.2 Å². The summed E-state index contributed by atoms with van der Waals surface area (Å²) in [5.74, 6) is 0. The third-order valence-electron chi connectivity index (χ3n) is 5.80. The van der Waals surface area contributed by atoms with Crippen LogP contribution in [0.3, 0.4) is 0 Å². The van der Waals surface area contributed by atoms with Gasteiger partial charge in [-0.25, -0.2) is 0 Å². The number of nitrogens with one attached hydrogen (secondary N) is 1. The Labute approximate surface area is 174 Å². The number of carbonyl (C=O) groups excluding carboxylic acids is 1. The number of benzene rings is 4. The standard InChI is InChI=1S/C14H13N.C13H9NO/c1-9-7-8-10(2)14-13(9)11-5-3-4-6-12(11)15-14;15-9-14-12-7-3-1-5-10(12)11-6-2-4-8-13(11)14/h3-8,15H,1-2H3;1-9H. The highest BCUT2D eigenvalue weighted by molar-refractivity contribution is 6.11. The van der Waals surface area contributed by atoms with Gasteiger partial charge in [0.25, 0.3) is 0 Å². The molecule has 146 valence electrons. The van der Waals surface area contributed by atoms with E-state index in [1.54, 1.807) is 4.57 Å². The van der Waals surface area contributed by atoms with E-state index >= 15 is 0 Å². The van der Waals surface area contributed by atoms with Gasteiger partial charge in [0.15, 0.2) is 0 Å². The maximum absolute atomic E-state index is 11.1. The van der Waals surface area contributed by atoms with Gasteiger partial charge in [-0.3, -0.25) is 9.36 Å². The smallest absolute Gasteiger partial charge is 0.218 e. The fourth-order valence-electron chi connectivity index (χ4n) is 4.33. The summed E-state index contributed by atoms with van der Waals surface area (Å²) in [6.45, 7) is 4.32. The molecule has 3 heteroatoms. The first kappa shape index (κ1) is 18.2. The van der Waals surface area contributed by atoms with E-state index in [-0.39, 0.29) is 0 Å². The number of fused-ring (bicyclic) bond motifs is 6. The molecule has 6 aromatic rings. The third kappa shape index (κ3) is 2.79. The lowest BCUT2D eigenvalue weighted by Crippen LogP contribution is -1.92. The van der Waals surface area contributed by atoms with Crippen LogP contribution in [-0.2, 0) is 4.79 Å². The van der Waals surface area contributed by atoms with Crippen molar-refractivity contribution < 1.29 is 4.79 Å². The van der Waals surface area contributed by atoms with E-state index in [9.17, 15) is 4.79 Å². The highest BCUT2D eigenvalue weighted by Gasteiger charge is 2.08. The molecule has 0 amide bonds. The van der Waals surface area contributed by atoms with Gasteiger partial charge in [0, 0.05) is 32.6 Å². The second kappa shape index (κ2) is 7.20. The molecule has 0 aliphatic carbocycles. The second-order valence-corrected chi connectivity index (χ2v) is 7.63. The van der Waals surface area contributed by atoms with E-state index in [0.29, 0.717) is 0 Å². The first-order valence-corrected chi connectivity index (χ1v) is 10.1. The van der Waals surface area contributed by atoms with E-state index < -0.39 is 0 Å². The van der Waals surface area contributed by atoms with E-state index in [0.717, 1.165) is 28.2 Å². The van der Waals surface area contributed by atoms with Crippen LogP contribution in [0.5, 0.6) is 0 Å². The monoisotopic (exact) mass is 390 g/mol. The minimum absolute atomic E-state index is 0.866. The first-order valence-electron chi connectivity index (χ1n) is 10.1. The Kier molecular flexibility index (Phi) is 4.36. The Balaban J connectivity index is 0.000000128. The Morgan fingerprint density at radius 3 is 1.83 bits per heavy atom. The van der Waals surface area contributed by atoms with E-state index in [1.807, 2.05) is 48.5 Å². The predicted octanol–water partition coefficient (Wildman–Crippen LogP) is 6.77. The molecule has 6 rings (SSSR count). The number of nitrogens with zero attached hydrogens (tertiary/aromatic N) is 1. The normalized spacial score (nSPS) is 11.1. The van der Waals surface area contributed by atoms with Crippen LogP contribution < -0.4 is 0 Å². The van der Waals surface area contributed by atoms with Crippen molar-refractivity contribution in [3.05, 3.63) is 96.1 Å². The molecule has 0 aliphatic rings. The van der Waals surface area contributed by atoms with Crippen LogP contribution in [0.15, 0.2) is 84.9 Å². The van der Waals surface area contributed by atoms with Gasteiger partial charge in [-0.15, -0.1) is 0 Å². The minimum atomic E-state index is 0.866. The predicted molar refractivity (Wildman–Crippen MR) is 127 cm³/mol. The summed E-state index contributed by atoms with van der Waals surface area (Å²) < 4.78 is 1.69. The Hall–Kier alpha value is -3.85. The number of hydrogen-bond donors (Lipinski definition) is 1. The quantitative estimate of drug-likeness (QED) is 0.309. The van der Waals surface area contributed by atoms with Gasteiger partial charge in [0.2, 0.25) is 6.41 Å². The summed E-state index contributed by atoms with van der Waals surface area (Å²) in [4.78, 5) is 14.5. The zero-order valence-corrected chi connectivity index (χ0v) is 17.0. The molecular formula is C27H22N2O. The molecule has 3 nitrogen and oxygen atoms in total. The number of carbonyl (C=O) groups is 1. The molecule has 0 bridgehead atoms. The lowest BCUT2D eigenvalue weighted by atomic mass is 10.0. The van der Waals surface area contributed by atoms with Gasteiger partial charge >= 0.3 is 0 Å². The van der Waals surface area contributed by atoms with Crippen molar-refractivity contribution in [2.24, 2.45) is 0 Å². The van der Waals surface area contributed by atoms with Crippen LogP contribution in [0.25, 0.3) is 43.6 Å². The molecule has 2 heterocycles. The maximum atomic E-state index is 11.1. The van der Waals surface area contributed by atoms with Crippen LogP contribution in [-0.4, -0.2) is 16.0 Å². The van der Waals surface area contributed by atoms with E-state index in [2.05, 4.69) is 55.2 Å². The van der Waals surface area contributed by atoms with Crippen LogP contribution in [0.1, 0.15) is 11.1 Å². The molecule has 1 N–H and O–H groups in total. The highest BCUT2D eigenvalue weighted by Crippen LogP contribution is 2.30. The molecule has 0 fully saturated rings. The SMILES string of the molecule is Cc1ccc(C)c2c1[nH]c1ccccc12.O=Cn1c2ccccc2c2ccccc21. The number of hydrogen-bond acceptors (Lipinski definition) is 1. The fourth-order valence-corrected chi connectivity index (χ4v) is 4.33. The summed E-state index contributed by atoms with van der Waals surface area (Å²) in [7, 11) is 0. The average molecular weight is 390 g/mol. The lowest BCUT2D eigenvalue weighted by Gasteiger charge is -1.99. The van der Waals surface area contributed by atoms with Crippen LogP contribution >= 0.6 is 0 Å². The number of rotatable bonds is 1. The van der Waals surface area contributed by atoms with Gasteiger partial charge in [0.05, 0.1) is 11.0 Å². The number of aromatic nitrogens is 2. The Morgan fingerprint density at radius 1 is 0.667 bits per heavy atom. The van der Waals surface area contributed by atoms with Crippen molar-refractivity contribution in [1.82, 2.24) is 9.55 Å². The molecule has 0 atom stereocenters.